The molecule has 1 aromatic carbocycles. The molecule has 3 rings (SSSR count). The standard InChI is InChI=1S/C18H22N2O2/c1-12-3-4-15(11-13(12)2)18(22)20-9-7-14(8-10-20)17(21)19-16-5-6-16/h3-4,7,11,16H,5-6,8-10H2,1-2H3,(H,19,21). The fourth-order valence-electron chi connectivity index (χ4n) is 2.62. The molecule has 0 atom stereocenters. The molecule has 1 heterocycles. The highest BCUT2D eigenvalue weighted by atomic mass is 16.2. The van der Waals surface area contributed by atoms with Gasteiger partial charge in [0.25, 0.3) is 5.91 Å². The summed E-state index contributed by atoms with van der Waals surface area (Å²) in [6.45, 7) is 5.18. The summed E-state index contributed by atoms with van der Waals surface area (Å²) >= 11 is 0. The molecular weight excluding hydrogens is 276 g/mol. The van der Waals surface area contributed by atoms with Crippen LogP contribution in [-0.4, -0.2) is 35.8 Å². The number of carbonyl (C=O) groups is 2. The van der Waals surface area contributed by atoms with E-state index in [-0.39, 0.29) is 11.8 Å². The molecule has 2 aliphatic rings. The summed E-state index contributed by atoms with van der Waals surface area (Å²) in [5, 5.41) is 3.00. The van der Waals surface area contributed by atoms with E-state index in [4.69, 9.17) is 0 Å². The van der Waals surface area contributed by atoms with E-state index in [0.29, 0.717) is 25.6 Å². The van der Waals surface area contributed by atoms with Gasteiger partial charge < -0.3 is 10.2 Å². The summed E-state index contributed by atoms with van der Waals surface area (Å²) in [6.07, 6.45) is 4.71. The van der Waals surface area contributed by atoms with Crippen molar-refractivity contribution < 1.29 is 9.59 Å². The third-order valence-electron chi connectivity index (χ3n) is 4.45. The number of hydrogen-bond donors (Lipinski definition) is 1. The van der Waals surface area contributed by atoms with E-state index >= 15 is 0 Å². The summed E-state index contributed by atoms with van der Waals surface area (Å²) < 4.78 is 0. The van der Waals surface area contributed by atoms with Gasteiger partial charge in [0.2, 0.25) is 5.91 Å². The van der Waals surface area contributed by atoms with E-state index in [1.165, 1.54) is 5.56 Å². The first-order valence-corrected chi connectivity index (χ1v) is 7.91. The van der Waals surface area contributed by atoms with Crippen LogP contribution in [0, 0.1) is 13.8 Å². The largest absolute Gasteiger partial charge is 0.350 e. The van der Waals surface area contributed by atoms with E-state index in [1.807, 2.05) is 38.1 Å². The minimum Gasteiger partial charge on any atom is -0.350 e. The van der Waals surface area contributed by atoms with Gasteiger partial charge in [0.05, 0.1) is 0 Å². The summed E-state index contributed by atoms with van der Waals surface area (Å²) in [4.78, 5) is 26.3. The molecule has 4 nitrogen and oxygen atoms in total. The number of hydrogen-bond acceptors (Lipinski definition) is 2. The molecule has 0 aromatic heterocycles. The van der Waals surface area contributed by atoms with Crippen LogP contribution in [0.3, 0.4) is 0 Å². The van der Waals surface area contributed by atoms with E-state index in [0.717, 1.165) is 29.5 Å². The third kappa shape index (κ3) is 3.21. The summed E-state index contributed by atoms with van der Waals surface area (Å²) in [5.74, 6) is 0.0850. The normalized spacial score (nSPS) is 17.9. The van der Waals surface area contributed by atoms with Gasteiger partial charge in [0, 0.05) is 30.3 Å². The molecule has 1 saturated carbocycles. The van der Waals surface area contributed by atoms with Gasteiger partial charge in [-0.05, 0) is 56.4 Å². The average Bonchev–Trinajstić information content (AvgIpc) is 3.33. The Balaban J connectivity index is 1.64. The monoisotopic (exact) mass is 298 g/mol. The molecule has 22 heavy (non-hydrogen) atoms. The Morgan fingerprint density at radius 3 is 2.55 bits per heavy atom. The minimum atomic E-state index is 0.0424. The molecule has 0 radical (unpaired) electrons. The van der Waals surface area contributed by atoms with Gasteiger partial charge in [0.1, 0.15) is 0 Å². The smallest absolute Gasteiger partial charge is 0.254 e. The number of carbonyl (C=O) groups excluding carboxylic acids is 2. The Bertz CT molecular complexity index is 644. The first-order valence-electron chi connectivity index (χ1n) is 7.91. The lowest BCUT2D eigenvalue weighted by Crippen LogP contribution is -2.38. The lowest BCUT2D eigenvalue weighted by Gasteiger charge is -2.26. The van der Waals surface area contributed by atoms with Crippen LogP contribution in [0.1, 0.15) is 40.7 Å². The molecule has 1 fully saturated rings. The number of nitrogens with one attached hydrogen (secondary N) is 1. The van der Waals surface area contributed by atoms with Crippen LogP contribution in [-0.2, 0) is 4.79 Å². The number of nitrogens with zero attached hydrogens (tertiary/aromatic N) is 1. The Labute approximate surface area is 131 Å². The van der Waals surface area contributed by atoms with Crippen LogP contribution in [0.4, 0.5) is 0 Å². The molecule has 0 saturated heterocycles. The zero-order valence-electron chi connectivity index (χ0n) is 13.2. The van der Waals surface area contributed by atoms with Gasteiger partial charge in [-0.25, -0.2) is 0 Å². The highest BCUT2D eigenvalue weighted by Crippen LogP contribution is 2.21. The van der Waals surface area contributed by atoms with Crippen LogP contribution in [0.2, 0.25) is 0 Å². The average molecular weight is 298 g/mol. The number of benzene rings is 1. The second kappa shape index (κ2) is 5.95. The van der Waals surface area contributed by atoms with Crippen molar-refractivity contribution >= 4 is 11.8 Å². The highest BCUT2D eigenvalue weighted by Gasteiger charge is 2.26. The Hall–Kier alpha value is -2.10. The van der Waals surface area contributed by atoms with Gasteiger partial charge in [-0.15, -0.1) is 0 Å². The van der Waals surface area contributed by atoms with E-state index in [1.54, 1.807) is 4.90 Å². The second-order valence-corrected chi connectivity index (χ2v) is 6.28. The third-order valence-corrected chi connectivity index (χ3v) is 4.45. The molecule has 0 spiro atoms. The molecule has 1 N–H and O–H groups in total. The van der Waals surface area contributed by atoms with Crippen molar-refractivity contribution in [3.63, 3.8) is 0 Å². The molecule has 2 amide bonds. The number of aryl methyl sites for hydroxylation is 2. The van der Waals surface area contributed by atoms with E-state index < -0.39 is 0 Å². The maximum Gasteiger partial charge on any atom is 0.254 e. The number of amides is 2. The quantitative estimate of drug-likeness (QED) is 0.931. The van der Waals surface area contributed by atoms with Crippen molar-refractivity contribution in [2.45, 2.75) is 39.2 Å². The van der Waals surface area contributed by atoms with Gasteiger partial charge in [-0.1, -0.05) is 12.1 Å². The predicted molar refractivity (Wildman–Crippen MR) is 85.7 cm³/mol. The minimum absolute atomic E-state index is 0.0424. The Morgan fingerprint density at radius 2 is 1.95 bits per heavy atom. The maximum absolute atomic E-state index is 12.5. The first-order chi connectivity index (χ1) is 10.5. The zero-order valence-corrected chi connectivity index (χ0v) is 13.2. The topological polar surface area (TPSA) is 49.4 Å². The molecule has 0 bridgehead atoms. The highest BCUT2D eigenvalue weighted by molar-refractivity contribution is 5.96. The summed E-state index contributed by atoms with van der Waals surface area (Å²) in [7, 11) is 0. The van der Waals surface area contributed by atoms with Crippen molar-refractivity contribution in [2.24, 2.45) is 0 Å². The van der Waals surface area contributed by atoms with Gasteiger partial charge in [0.15, 0.2) is 0 Å². The molecule has 1 aliphatic carbocycles. The predicted octanol–water partition coefficient (Wildman–Crippen LogP) is 2.35. The van der Waals surface area contributed by atoms with Crippen LogP contribution in [0.5, 0.6) is 0 Å². The SMILES string of the molecule is Cc1ccc(C(=O)N2CC=C(C(=O)NC3CC3)CC2)cc1C. The van der Waals surface area contributed by atoms with Crippen molar-refractivity contribution in [1.29, 1.82) is 0 Å². The van der Waals surface area contributed by atoms with Crippen molar-refractivity contribution in [3.8, 4) is 0 Å². The van der Waals surface area contributed by atoms with Gasteiger partial charge in [-0.2, -0.15) is 0 Å². The molecular formula is C18H22N2O2. The number of rotatable bonds is 3. The first kappa shape index (κ1) is 14.8. The zero-order chi connectivity index (χ0) is 15.7. The fraction of sp³-hybridized carbons (Fsp3) is 0.444. The Morgan fingerprint density at radius 1 is 1.18 bits per heavy atom. The van der Waals surface area contributed by atoms with Crippen molar-refractivity contribution in [3.05, 3.63) is 46.5 Å². The molecule has 1 aliphatic heterocycles. The lowest BCUT2D eigenvalue weighted by molar-refractivity contribution is -0.117. The van der Waals surface area contributed by atoms with Crippen molar-refractivity contribution in [1.82, 2.24) is 10.2 Å². The van der Waals surface area contributed by atoms with Crippen LogP contribution in [0.15, 0.2) is 29.8 Å². The van der Waals surface area contributed by atoms with Crippen LogP contribution in [0.25, 0.3) is 0 Å². The summed E-state index contributed by atoms with van der Waals surface area (Å²) in [5.41, 5.74) is 3.86. The van der Waals surface area contributed by atoms with Crippen molar-refractivity contribution in [2.75, 3.05) is 13.1 Å². The van der Waals surface area contributed by atoms with E-state index in [9.17, 15) is 9.59 Å². The summed E-state index contributed by atoms with van der Waals surface area (Å²) in [6, 6.07) is 6.18. The molecule has 4 heteroatoms. The van der Waals surface area contributed by atoms with E-state index in [2.05, 4.69) is 5.32 Å². The van der Waals surface area contributed by atoms with Crippen LogP contribution >= 0.6 is 0 Å². The second-order valence-electron chi connectivity index (χ2n) is 6.28. The molecule has 116 valence electrons. The lowest BCUT2D eigenvalue weighted by atomic mass is 10.0. The molecule has 1 aromatic rings. The Kier molecular flexibility index (Phi) is 4.01. The molecule has 0 unspecified atom stereocenters. The van der Waals surface area contributed by atoms with Crippen LogP contribution < -0.4 is 5.32 Å². The maximum atomic E-state index is 12.5. The van der Waals surface area contributed by atoms with Gasteiger partial charge in [-0.3, -0.25) is 9.59 Å². The van der Waals surface area contributed by atoms with Gasteiger partial charge >= 0.3 is 0 Å². The fourth-order valence-corrected chi connectivity index (χ4v) is 2.62.